The van der Waals surface area contributed by atoms with Crippen LogP contribution in [0.1, 0.15) is 32.9 Å². The largest absolute Gasteiger partial charge is 0.493 e. The number of amides is 1. The molecule has 1 heterocycles. The molecule has 0 saturated heterocycles. The Morgan fingerprint density at radius 1 is 1.13 bits per heavy atom. The molecular weight excluding hydrogens is 401 g/mol. The van der Waals surface area contributed by atoms with E-state index in [9.17, 15) is 18.0 Å². The van der Waals surface area contributed by atoms with Crippen LogP contribution in [0.4, 0.5) is 13.2 Å². The second-order valence-corrected chi connectivity index (χ2v) is 6.50. The summed E-state index contributed by atoms with van der Waals surface area (Å²) in [6.07, 6.45) is -4.44. The maximum atomic E-state index is 12.8. The van der Waals surface area contributed by atoms with Crippen molar-refractivity contribution in [2.24, 2.45) is 0 Å². The zero-order chi connectivity index (χ0) is 21.7. The van der Waals surface area contributed by atoms with Crippen LogP contribution in [0.15, 0.2) is 53.1 Å². The van der Waals surface area contributed by atoms with E-state index in [2.05, 4.69) is 10.5 Å². The standard InChI is InChI=1S/C21H19F3N2O4/c1-13-6-7-18(19(8-13)28-2)29-12-16-10-17(26-30-16)20(27)25-11-14-4-3-5-15(9-14)21(22,23)24/h3-10H,11-12H2,1-2H3,(H,25,27). The summed E-state index contributed by atoms with van der Waals surface area (Å²) in [5, 5.41) is 6.19. The Kier molecular flexibility index (Phi) is 6.29. The second kappa shape index (κ2) is 8.89. The predicted molar refractivity (Wildman–Crippen MR) is 101 cm³/mol. The number of hydrogen-bond acceptors (Lipinski definition) is 5. The van der Waals surface area contributed by atoms with Crippen LogP contribution in [-0.4, -0.2) is 18.2 Å². The topological polar surface area (TPSA) is 73.6 Å². The molecular formula is C21H19F3N2O4. The number of hydrogen-bond donors (Lipinski definition) is 1. The first kappa shape index (κ1) is 21.2. The van der Waals surface area contributed by atoms with E-state index in [1.165, 1.54) is 25.3 Å². The lowest BCUT2D eigenvalue weighted by Gasteiger charge is -2.09. The normalized spacial score (nSPS) is 11.2. The van der Waals surface area contributed by atoms with E-state index < -0.39 is 17.6 Å². The lowest BCUT2D eigenvalue weighted by Crippen LogP contribution is -2.23. The molecule has 0 unspecified atom stereocenters. The molecule has 3 aromatic rings. The van der Waals surface area contributed by atoms with Crippen molar-refractivity contribution in [1.82, 2.24) is 10.5 Å². The minimum absolute atomic E-state index is 0.00329. The van der Waals surface area contributed by atoms with E-state index in [1.807, 2.05) is 19.1 Å². The first-order valence-corrected chi connectivity index (χ1v) is 8.93. The molecule has 0 atom stereocenters. The lowest BCUT2D eigenvalue weighted by molar-refractivity contribution is -0.137. The third kappa shape index (κ3) is 5.31. The molecule has 0 aliphatic heterocycles. The summed E-state index contributed by atoms with van der Waals surface area (Å²) in [6, 6.07) is 11.6. The van der Waals surface area contributed by atoms with Crippen molar-refractivity contribution < 1.29 is 32.0 Å². The third-order valence-electron chi connectivity index (χ3n) is 4.19. The van der Waals surface area contributed by atoms with E-state index in [1.54, 1.807) is 6.07 Å². The monoisotopic (exact) mass is 420 g/mol. The number of nitrogens with zero attached hydrogens (tertiary/aromatic N) is 1. The molecule has 158 valence electrons. The van der Waals surface area contributed by atoms with E-state index in [0.29, 0.717) is 22.8 Å². The summed E-state index contributed by atoms with van der Waals surface area (Å²) in [4.78, 5) is 12.2. The second-order valence-electron chi connectivity index (χ2n) is 6.50. The highest BCUT2D eigenvalue weighted by Gasteiger charge is 2.30. The van der Waals surface area contributed by atoms with Crippen LogP contribution in [0.5, 0.6) is 11.5 Å². The summed E-state index contributed by atoms with van der Waals surface area (Å²) in [5.74, 6) is 0.806. The molecule has 3 rings (SSSR count). The van der Waals surface area contributed by atoms with Gasteiger partial charge in [0.2, 0.25) is 0 Å². The third-order valence-corrected chi connectivity index (χ3v) is 4.19. The molecule has 1 N–H and O–H groups in total. The molecule has 1 aromatic heterocycles. The molecule has 30 heavy (non-hydrogen) atoms. The van der Waals surface area contributed by atoms with Crippen LogP contribution in [0.2, 0.25) is 0 Å². The van der Waals surface area contributed by atoms with Crippen LogP contribution in [-0.2, 0) is 19.3 Å². The Hall–Kier alpha value is -3.49. The molecule has 2 aromatic carbocycles. The fourth-order valence-electron chi connectivity index (χ4n) is 2.66. The molecule has 0 aliphatic rings. The van der Waals surface area contributed by atoms with Crippen molar-refractivity contribution in [2.75, 3.05) is 7.11 Å². The first-order valence-electron chi connectivity index (χ1n) is 8.93. The van der Waals surface area contributed by atoms with Gasteiger partial charge in [0.15, 0.2) is 23.0 Å². The Morgan fingerprint density at radius 2 is 1.93 bits per heavy atom. The molecule has 0 saturated carbocycles. The Labute approximate surface area is 170 Å². The molecule has 0 bridgehead atoms. The van der Waals surface area contributed by atoms with Crippen molar-refractivity contribution in [2.45, 2.75) is 26.3 Å². The summed E-state index contributed by atoms with van der Waals surface area (Å²) in [6.45, 7) is 1.86. The van der Waals surface area contributed by atoms with Gasteiger partial charge < -0.3 is 19.3 Å². The van der Waals surface area contributed by atoms with Crippen LogP contribution < -0.4 is 14.8 Å². The van der Waals surface area contributed by atoms with Crippen LogP contribution in [0.3, 0.4) is 0 Å². The number of benzene rings is 2. The van der Waals surface area contributed by atoms with E-state index in [0.717, 1.165) is 17.7 Å². The highest BCUT2D eigenvalue weighted by atomic mass is 19.4. The number of aromatic nitrogens is 1. The van der Waals surface area contributed by atoms with Crippen LogP contribution >= 0.6 is 0 Å². The van der Waals surface area contributed by atoms with Gasteiger partial charge in [0.05, 0.1) is 12.7 Å². The van der Waals surface area contributed by atoms with E-state index in [-0.39, 0.29) is 18.8 Å². The number of carbonyl (C=O) groups excluding carboxylic acids is 1. The zero-order valence-corrected chi connectivity index (χ0v) is 16.2. The Balaban J connectivity index is 1.58. The van der Waals surface area contributed by atoms with Gasteiger partial charge in [0.25, 0.3) is 5.91 Å². The number of carbonyl (C=O) groups is 1. The van der Waals surface area contributed by atoms with Gasteiger partial charge in [-0.15, -0.1) is 0 Å². The van der Waals surface area contributed by atoms with Crippen molar-refractivity contribution in [3.63, 3.8) is 0 Å². The number of aryl methyl sites for hydroxylation is 1. The average molecular weight is 420 g/mol. The van der Waals surface area contributed by atoms with Crippen molar-refractivity contribution >= 4 is 5.91 Å². The predicted octanol–water partition coefficient (Wildman–Crippen LogP) is 4.52. The highest BCUT2D eigenvalue weighted by molar-refractivity contribution is 5.92. The number of methoxy groups -OCH3 is 1. The molecule has 6 nitrogen and oxygen atoms in total. The van der Waals surface area contributed by atoms with Gasteiger partial charge in [0.1, 0.15) is 6.61 Å². The first-order chi connectivity index (χ1) is 14.3. The Bertz CT molecular complexity index is 1030. The highest BCUT2D eigenvalue weighted by Crippen LogP contribution is 2.30. The summed E-state index contributed by atoms with van der Waals surface area (Å²) in [5.41, 5.74) is 0.549. The van der Waals surface area contributed by atoms with Crippen molar-refractivity contribution in [3.8, 4) is 11.5 Å². The maximum absolute atomic E-state index is 12.8. The van der Waals surface area contributed by atoms with Gasteiger partial charge in [-0.2, -0.15) is 13.2 Å². The SMILES string of the molecule is COc1cc(C)ccc1OCc1cc(C(=O)NCc2cccc(C(F)(F)F)c2)no1. The minimum Gasteiger partial charge on any atom is -0.493 e. The fraction of sp³-hybridized carbons (Fsp3) is 0.238. The van der Waals surface area contributed by atoms with Crippen molar-refractivity contribution in [3.05, 3.63) is 76.7 Å². The summed E-state index contributed by atoms with van der Waals surface area (Å²) >= 11 is 0. The van der Waals surface area contributed by atoms with Crippen molar-refractivity contribution in [1.29, 1.82) is 0 Å². The molecule has 1 amide bonds. The van der Waals surface area contributed by atoms with Gasteiger partial charge >= 0.3 is 6.18 Å². The molecule has 0 fully saturated rings. The average Bonchev–Trinajstić information content (AvgIpc) is 3.19. The van der Waals surface area contributed by atoms with E-state index in [4.69, 9.17) is 14.0 Å². The Morgan fingerprint density at radius 3 is 2.67 bits per heavy atom. The van der Waals surface area contributed by atoms with Gasteiger partial charge in [-0.05, 0) is 42.3 Å². The number of ether oxygens (including phenoxy) is 2. The van der Waals surface area contributed by atoms with Crippen LogP contribution in [0.25, 0.3) is 0 Å². The van der Waals surface area contributed by atoms with Gasteiger partial charge in [-0.3, -0.25) is 4.79 Å². The van der Waals surface area contributed by atoms with Gasteiger partial charge in [0, 0.05) is 12.6 Å². The molecule has 0 spiro atoms. The van der Waals surface area contributed by atoms with Gasteiger partial charge in [-0.1, -0.05) is 23.4 Å². The number of alkyl halides is 3. The lowest BCUT2D eigenvalue weighted by atomic mass is 10.1. The summed E-state index contributed by atoms with van der Waals surface area (Å²) < 4.78 is 54.3. The van der Waals surface area contributed by atoms with E-state index >= 15 is 0 Å². The zero-order valence-electron chi connectivity index (χ0n) is 16.2. The minimum atomic E-state index is -4.44. The quantitative estimate of drug-likeness (QED) is 0.609. The molecule has 0 radical (unpaired) electrons. The maximum Gasteiger partial charge on any atom is 0.416 e. The summed E-state index contributed by atoms with van der Waals surface area (Å²) in [7, 11) is 1.53. The van der Waals surface area contributed by atoms with Gasteiger partial charge in [-0.25, -0.2) is 0 Å². The molecule has 9 heteroatoms. The fourth-order valence-corrected chi connectivity index (χ4v) is 2.66. The number of nitrogens with one attached hydrogen (secondary N) is 1. The number of rotatable bonds is 7. The smallest absolute Gasteiger partial charge is 0.416 e. The molecule has 0 aliphatic carbocycles. The number of halogens is 3. The van der Waals surface area contributed by atoms with Crippen LogP contribution in [0, 0.1) is 6.92 Å².